The van der Waals surface area contributed by atoms with Crippen molar-refractivity contribution in [1.29, 1.82) is 5.41 Å². The molecule has 1 aromatic carbocycles. The van der Waals surface area contributed by atoms with Crippen LogP contribution in [-0.4, -0.2) is 18.3 Å². The van der Waals surface area contributed by atoms with Gasteiger partial charge < -0.3 is 10.7 Å². The second kappa shape index (κ2) is 13.8. The van der Waals surface area contributed by atoms with E-state index in [1.54, 1.807) is 26.0 Å². The summed E-state index contributed by atoms with van der Waals surface area (Å²) < 4.78 is 37.6. The van der Waals surface area contributed by atoms with Crippen molar-refractivity contribution in [1.82, 2.24) is 0 Å². The lowest BCUT2D eigenvalue weighted by atomic mass is 9.87. The van der Waals surface area contributed by atoms with Crippen molar-refractivity contribution in [3.8, 4) is 0 Å². The maximum Gasteiger partial charge on any atom is 0.392 e. The van der Waals surface area contributed by atoms with Crippen LogP contribution in [0.4, 0.5) is 18.9 Å². The molecule has 2 unspecified atom stereocenters. The van der Waals surface area contributed by atoms with E-state index in [-0.39, 0.29) is 28.7 Å². The molecule has 1 rings (SSSR count). The first-order valence-corrected chi connectivity index (χ1v) is 11.0. The minimum Gasteiger partial charge on any atom is -0.322 e. The third-order valence-corrected chi connectivity index (χ3v) is 4.83. The van der Waals surface area contributed by atoms with Gasteiger partial charge in [-0.15, -0.1) is 6.58 Å². The molecule has 1 amide bonds. The van der Waals surface area contributed by atoms with Gasteiger partial charge in [0.2, 0.25) is 0 Å². The highest BCUT2D eigenvalue weighted by Gasteiger charge is 2.27. The fraction of sp³-hybridized carbons (Fsp3) is 0.481. The van der Waals surface area contributed by atoms with Gasteiger partial charge in [-0.3, -0.25) is 4.79 Å². The van der Waals surface area contributed by atoms with Crippen molar-refractivity contribution in [3.63, 3.8) is 0 Å². The van der Waals surface area contributed by atoms with Crippen molar-refractivity contribution in [2.24, 2.45) is 11.8 Å². The van der Waals surface area contributed by atoms with E-state index in [0.29, 0.717) is 12.0 Å². The zero-order valence-electron chi connectivity index (χ0n) is 20.9. The Morgan fingerprint density at radius 2 is 1.64 bits per heavy atom. The van der Waals surface area contributed by atoms with Gasteiger partial charge in [-0.25, -0.2) is 0 Å². The molecule has 0 saturated carbocycles. The highest BCUT2D eigenvalue weighted by molar-refractivity contribution is 6.03. The summed E-state index contributed by atoms with van der Waals surface area (Å²) in [5.74, 6) is -0.360. The second-order valence-corrected chi connectivity index (χ2v) is 9.34. The van der Waals surface area contributed by atoms with E-state index < -0.39 is 12.6 Å². The zero-order valence-corrected chi connectivity index (χ0v) is 20.9. The Morgan fingerprint density at radius 3 is 2.06 bits per heavy atom. The van der Waals surface area contributed by atoms with Crippen LogP contribution < -0.4 is 5.32 Å². The van der Waals surface area contributed by atoms with Crippen LogP contribution in [0.5, 0.6) is 0 Å². The molecule has 33 heavy (non-hydrogen) atoms. The minimum atomic E-state index is -4.21. The Labute approximate surface area is 197 Å². The number of nitrogens with one attached hydrogen (secondary N) is 2. The van der Waals surface area contributed by atoms with Gasteiger partial charge in [-0.2, -0.15) is 13.2 Å². The number of alkyl halides is 3. The predicted molar refractivity (Wildman–Crippen MR) is 134 cm³/mol. The second-order valence-electron chi connectivity index (χ2n) is 9.34. The molecule has 0 fully saturated rings. The molecule has 2 N–H and O–H groups in total. The van der Waals surface area contributed by atoms with Crippen molar-refractivity contribution in [3.05, 3.63) is 65.8 Å². The molecule has 2 atom stereocenters. The number of carbonyl (C=O) groups is 1. The molecule has 0 aromatic heterocycles. The van der Waals surface area contributed by atoms with Gasteiger partial charge in [-0.05, 0) is 68.4 Å². The number of hydrogen-bond acceptors (Lipinski definition) is 2. The number of allylic oxidation sites excluding steroid dienone is 4. The Balaban J connectivity index is 0.00000322. The normalized spacial score (nSPS) is 14.5. The molecule has 0 aliphatic rings. The van der Waals surface area contributed by atoms with E-state index in [9.17, 15) is 18.0 Å². The zero-order chi connectivity index (χ0) is 25.8. The van der Waals surface area contributed by atoms with Crippen molar-refractivity contribution in [2.75, 3.05) is 5.32 Å². The van der Waals surface area contributed by atoms with E-state index in [1.165, 1.54) is 18.7 Å². The number of amides is 1. The average Bonchev–Trinajstić information content (AvgIpc) is 2.66. The molecule has 0 heterocycles. The van der Waals surface area contributed by atoms with Gasteiger partial charge in [0.1, 0.15) is 0 Å². The van der Waals surface area contributed by atoms with Crippen LogP contribution in [0, 0.1) is 17.2 Å². The fourth-order valence-electron chi connectivity index (χ4n) is 3.26. The molecule has 6 heteroatoms. The van der Waals surface area contributed by atoms with Crippen molar-refractivity contribution >= 4 is 17.8 Å². The fourth-order valence-corrected chi connectivity index (χ4v) is 3.26. The summed E-state index contributed by atoms with van der Waals surface area (Å²) in [6.45, 7) is 17.0. The predicted octanol–water partition coefficient (Wildman–Crippen LogP) is 8.25. The maximum absolute atomic E-state index is 12.5. The van der Waals surface area contributed by atoms with Gasteiger partial charge in [-0.1, -0.05) is 63.6 Å². The summed E-state index contributed by atoms with van der Waals surface area (Å²) in [6.07, 6.45) is 1.81. The Hall–Kier alpha value is -2.63. The Kier molecular flexibility index (Phi) is 12.7. The smallest absolute Gasteiger partial charge is 0.322 e. The van der Waals surface area contributed by atoms with Crippen LogP contribution in [0.25, 0.3) is 0 Å². The van der Waals surface area contributed by atoms with Crippen LogP contribution in [-0.2, 0) is 10.2 Å². The summed E-state index contributed by atoms with van der Waals surface area (Å²) >= 11 is 0. The third kappa shape index (κ3) is 13.5. The van der Waals surface area contributed by atoms with E-state index in [2.05, 4.69) is 32.7 Å². The monoisotopic (exact) mass is 464 g/mol. The molecular formula is C27H39F3N2O. The highest BCUT2D eigenvalue weighted by atomic mass is 19.4. The van der Waals surface area contributed by atoms with E-state index in [1.807, 2.05) is 37.3 Å². The Bertz CT molecular complexity index is 828. The lowest BCUT2D eigenvalue weighted by Gasteiger charge is -2.19. The van der Waals surface area contributed by atoms with E-state index >= 15 is 0 Å². The SMILES string of the molecule is C=CC(/C=C(/C)CC(F)(F)F)CC(C)/C=C(\C)C(=O)Nc1ccc(C(C)(C)C)cc1.CC=N. The summed E-state index contributed by atoms with van der Waals surface area (Å²) in [6, 6.07) is 7.78. The largest absolute Gasteiger partial charge is 0.392 e. The van der Waals surface area contributed by atoms with Crippen LogP contribution in [0.15, 0.2) is 60.2 Å². The first-order chi connectivity index (χ1) is 15.1. The number of benzene rings is 1. The molecule has 0 aliphatic carbocycles. The van der Waals surface area contributed by atoms with Crippen molar-refractivity contribution < 1.29 is 18.0 Å². The summed E-state index contributed by atoms with van der Waals surface area (Å²) in [7, 11) is 0. The van der Waals surface area contributed by atoms with E-state index in [4.69, 9.17) is 5.41 Å². The summed E-state index contributed by atoms with van der Waals surface area (Å²) in [4.78, 5) is 12.5. The van der Waals surface area contributed by atoms with Crippen LogP contribution >= 0.6 is 0 Å². The highest BCUT2D eigenvalue weighted by Crippen LogP contribution is 2.27. The number of halogens is 3. The average molecular weight is 465 g/mol. The third-order valence-electron chi connectivity index (χ3n) is 4.83. The summed E-state index contributed by atoms with van der Waals surface area (Å²) in [5, 5.41) is 8.97. The van der Waals surface area contributed by atoms with Crippen LogP contribution in [0.2, 0.25) is 0 Å². The molecule has 0 bridgehead atoms. The molecule has 0 spiro atoms. The molecule has 0 saturated heterocycles. The van der Waals surface area contributed by atoms with Gasteiger partial charge in [0.05, 0.1) is 6.42 Å². The molecule has 184 valence electrons. The Morgan fingerprint density at radius 1 is 1.12 bits per heavy atom. The molecule has 0 radical (unpaired) electrons. The lowest BCUT2D eigenvalue weighted by Crippen LogP contribution is -2.15. The van der Waals surface area contributed by atoms with Crippen molar-refractivity contribution in [2.45, 2.75) is 72.9 Å². The number of rotatable bonds is 8. The molecular weight excluding hydrogens is 425 g/mol. The first-order valence-electron chi connectivity index (χ1n) is 11.0. The molecule has 1 aromatic rings. The molecule has 0 aliphatic heterocycles. The van der Waals surface area contributed by atoms with E-state index in [0.717, 1.165) is 5.69 Å². The quantitative estimate of drug-likeness (QED) is 0.227. The lowest BCUT2D eigenvalue weighted by molar-refractivity contribution is -0.127. The van der Waals surface area contributed by atoms with Gasteiger partial charge in [0, 0.05) is 11.3 Å². The number of carbonyl (C=O) groups excluding carboxylic acids is 1. The number of anilines is 1. The minimum absolute atomic E-state index is 0.0111. The van der Waals surface area contributed by atoms with Crippen LogP contribution in [0.1, 0.15) is 66.9 Å². The van der Waals surface area contributed by atoms with Gasteiger partial charge >= 0.3 is 6.18 Å². The first kappa shape index (κ1) is 30.4. The van der Waals surface area contributed by atoms with Gasteiger partial charge in [0.15, 0.2) is 0 Å². The van der Waals surface area contributed by atoms with Crippen LogP contribution in [0.3, 0.4) is 0 Å². The van der Waals surface area contributed by atoms with Gasteiger partial charge in [0.25, 0.3) is 5.91 Å². The maximum atomic E-state index is 12.5. The molecule has 3 nitrogen and oxygen atoms in total. The topological polar surface area (TPSA) is 53.0 Å². The summed E-state index contributed by atoms with van der Waals surface area (Å²) in [5.41, 5.74) is 2.80. The standard InChI is InChI=1S/C25H34F3NO.C2H5N/c1-8-20(15-18(3)16-25(26,27)28)14-17(2)13-19(4)23(30)29-22-11-9-21(10-12-22)24(5,6)7;1-2-3/h8-13,15,17,20H,1,14,16H2,2-7H3,(H,29,30);2-3H,1H3/b18-15-,19-13+;. The number of hydrogen-bond donors (Lipinski definition) is 2.